The van der Waals surface area contributed by atoms with Gasteiger partial charge < -0.3 is 0 Å². The van der Waals surface area contributed by atoms with Crippen LogP contribution in [0.4, 0.5) is 5.69 Å². The Balaban J connectivity index is 2.49. The summed E-state index contributed by atoms with van der Waals surface area (Å²) in [5, 5.41) is 10.7. The summed E-state index contributed by atoms with van der Waals surface area (Å²) >= 11 is 0. The molecular formula is C10H7N3O3. The Kier molecular flexibility index (Phi) is 2.47. The van der Waals surface area contributed by atoms with Crippen LogP contribution in [0.5, 0.6) is 0 Å². The highest BCUT2D eigenvalue weighted by Gasteiger charge is 2.19. The highest BCUT2D eigenvalue weighted by atomic mass is 16.6. The predicted molar refractivity (Wildman–Crippen MR) is 55.1 cm³/mol. The molecule has 1 aromatic heterocycles. The fourth-order valence-corrected chi connectivity index (χ4v) is 1.33. The number of hydrogen-bond acceptors (Lipinski definition) is 4. The second-order valence-corrected chi connectivity index (χ2v) is 3.05. The van der Waals surface area contributed by atoms with Crippen molar-refractivity contribution < 1.29 is 9.72 Å². The van der Waals surface area contributed by atoms with Gasteiger partial charge in [0.1, 0.15) is 11.9 Å². The second kappa shape index (κ2) is 3.93. The van der Waals surface area contributed by atoms with Crippen LogP contribution in [0.15, 0.2) is 43.0 Å². The maximum absolute atomic E-state index is 11.9. The SMILES string of the molecule is O=C(c1ccccc1[N+](=O)[O-])n1ccnc1. The van der Waals surface area contributed by atoms with E-state index in [1.54, 1.807) is 6.07 Å². The summed E-state index contributed by atoms with van der Waals surface area (Å²) in [5.74, 6) is -0.468. The zero-order chi connectivity index (χ0) is 11.5. The first-order valence-electron chi connectivity index (χ1n) is 4.46. The van der Waals surface area contributed by atoms with E-state index in [0.29, 0.717) is 0 Å². The van der Waals surface area contributed by atoms with Crippen molar-refractivity contribution in [2.75, 3.05) is 0 Å². The van der Waals surface area contributed by atoms with Crippen molar-refractivity contribution in [3.05, 3.63) is 58.7 Å². The topological polar surface area (TPSA) is 78.0 Å². The van der Waals surface area contributed by atoms with E-state index in [1.165, 1.54) is 41.5 Å². The minimum Gasteiger partial charge on any atom is -0.272 e. The number of rotatable bonds is 2. The smallest absolute Gasteiger partial charge is 0.272 e. The molecule has 16 heavy (non-hydrogen) atoms. The highest BCUT2D eigenvalue weighted by molar-refractivity contribution is 5.99. The molecule has 6 nitrogen and oxygen atoms in total. The molecule has 0 saturated carbocycles. The van der Waals surface area contributed by atoms with Crippen molar-refractivity contribution in [2.24, 2.45) is 0 Å². The fourth-order valence-electron chi connectivity index (χ4n) is 1.33. The summed E-state index contributed by atoms with van der Waals surface area (Å²) in [7, 11) is 0. The van der Waals surface area contributed by atoms with Gasteiger partial charge in [-0.3, -0.25) is 19.5 Å². The Morgan fingerprint density at radius 2 is 2.12 bits per heavy atom. The minimum atomic E-state index is -0.579. The fraction of sp³-hybridized carbons (Fsp3) is 0. The molecule has 0 radical (unpaired) electrons. The molecule has 0 spiro atoms. The number of aromatic nitrogens is 2. The number of nitrogens with zero attached hydrogens (tertiary/aromatic N) is 3. The van der Waals surface area contributed by atoms with E-state index >= 15 is 0 Å². The lowest BCUT2D eigenvalue weighted by Gasteiger charge is -2.01. The van der Waals surface area contributed by atoms with Crippen LogP contribution < -0.4 is 0 Å². The van der Waals surface area contributed by atoms with Gasteiger partial charge in [-0.25, -0.2) is 4.98 Å². The van der Waals surface area contributed by atoms with Crippen molar-refractivity contribution in [1.82, 2.24) is 9.55 Å². The van der Waals surface area contributed by atoms with Gasteiger partial charge >= 0.3 is 0 Å². The quantitative estimate of drug-likeness (QED) is 0.563. The van der Waals surface area contributed by atoms with E-state index in [2.05, 4.69) is 4.98 Å². The zero-order valence-electron chi connectivity index (χ0n) is 8.11. The van der Waals surface area contributed by atoms with Crippen LogP contribution in [-0.2, 0) is 0 Å². The zero-order valence-corrected chi connectivity index (χ0v) is 8.11. The normalized spacial score (nSPS) is 10.0. The standard InChI is InChI=1S/C10H7N3O3/c14-10(12-6-5-11-7-12)8-3-1-2-4-9(8)13(15)16/h1-7H. The van der Waals surface area contributed by atoms with E-state index in [-0.39, 0.29) is 11.3 Å². The van der Waals surface area contributed by atoms with E-state index < -0.39 is 10.8 Å². The van der Waals surface area contributed by atoms with Gasteiger partial charge in [-0.2, -0.15) is 0 Å². The Labute approximate surface area is 90.3 Å². The molecule has 0 N–H and O–H groups in total. The van der Waals surface area contributed by atoms with Crippen LogP contribution in [-0.4, -0.2) is 20.4 Å². The summed E-state index contributed by atoms with van der Waals surface area (Å²) in [4.78, 5) is 25.7. The molecule has 80 valence electrons. The molecule has 6 heteroatoms. The minimum absolute atomic E-state index is 0.0468. The van der Waals surface area contributed by atoms with Gasteiger partial charge in [0.15, 0.2) is 0 Å². The number of imidazole rings is 1. The molecular weight excluding hydrogens is 210 g/mol. The molecule has 0 fully saturated rings. The summed E-state index contributed by atoms with van der Waals surface area (Å²) in [6.45, 7) is 0. The van der Waals surface area contributed by atoms with Crippen LogP contribution in [0.1, 0.15) is 10.4 Å². The lowest BCUT2D eigenvalue weighted by molar-refractivity contribution is -0.385. The Bertz CT molecular complexity index is 534. The van der Waals surface area contributed by atoms with E-state index in [0.717, 1.165) is 0 Å². The van der Waals surface area contributed by atoms with E-state index in [1.807, 2.05) is 0 Å². The average Bonchev–Trinajstić information content (AvgIpc) is 2.81. The summed E-state index contributed by atoms with van der Waals surface area (Å²) in [6.07, 6.45) is 4.19. The molecule has 0 aliphatic rings. The van der Waals surface area contributed by atoms with Crippen molar-refractivity contribution >= 4 is 11.6 Å². The van der Waals surface area contributed by atoms with E-state index in [4.69, 9.17) is 0 Å². The molecule has 0 unspecified atom stereocenters. The van der Waals surface area contributed by atoms with Gasteiger partial charge in [-0.05, 0) is 6.07 Å². The van der Waals surface area contributed by atoms with Crippen LogP contribution in [0, 0.1) is 10.1 Å². The predicted octanol–water partition coefficient (Wildman–Crippen LogP) is 1.48. The van der Waals surface area contributed by atoms with Crippen molar-refractivity contribution in [3.8, 4) is 0 Å². The monoisotopic (exact) mass is 217 g/mol. The second-order valence-electron chi connectivity index (χ2n) is 3.05. The molecule has 2 aromatic rings. The third-order valence-electron chi connectivity index (χ3n) is 2.07. The Hall–Kier alpha value is -2.50. The summed E-state index contributed by atoms with van der Waals surface area (Å²) in [5.41, 5.74) is -0.160. The molecule has 1 aromatic carbocycles. The van der Waals surface area contributed by atoms with Gasteiger partial charge in [0, 0.05) is 18.5 Å². The number of hydrogen-bond donors (Lipinski definition) is 0. The Morgan fingerprint density at radius 3 is 2.75 bits per heavy atom. The molecule has 1 heterocycles. The average molecular weight is 217 g/mol. The molecule has 0 saturated heterocycles. The van der Waals surface area contributed by atoms with Crippen LogP contribution in [0.2, 0.25) is 0 Å². The number of carbonyl (C=O) groups excluding carboxylic acids is 1. The van der Waals surface area contributed by atoms with Gasteiger partial charge in [-0.15, -0.1) is 0 Å². The third kappa shape index (κ3) is 1.68. The lowest BCUT2D eigenvalue weighted by Crippen LogP contribution is -2.11. The number of benzene rings is 1. The van der Waals surface area contributed by atoms with Crippen LogP contribution in [0.25, 0.3) is 0 Å². The molecule has 0 amide bonds. The maximum atomic E-state index is 11.9. The number of carbonyl (C=O) groups is 1. The van der Waals surface area contributed by atoms with Crippen molar-refractivity contribution in [1.29, 1.82) is 0 Å². The molecule has 0 bridgehead atoms. The highest BCUT2D eigenvalue weighted by Crippen LogP contribution is 2.18. The molecule has 0 aliphatic carbocycles. The number of nitro groups is 1. The molecule has 0 atom stereocenters. The number of nitro benzene ring substituents is 1. The maximum Gasteiger partial charge on any atom is 0.282 e. The first-order chi connectivity index (χ1) is 7.70. The van der Waals surface area contributed by atoms with Crippen molar-refractivity contribution in [3.63, 3.8) is 0 Å². The first kappa shape index (κ1) is 10.0. The van der Waals surface area contributed by atoms with E-state index in [9.17, 15) is 14.9 Å². The van der Waals surface area contributed by atoms with Crippen LogP contribution >= 0.6 is 0 Å². The summed E-state index contributed by atoms with van der Waals surface area (Å²) in [6, 6.07) is 5.81. The van der Waals surface area contributed by atoms with Gasteiger partial charge in [-0.1, -0.05) is 12.1 Å². The third-order valence-corrected chi connectivity index (χ3v) is 2.07. The first-order valence-corrected chi connectivity index (χ1v) is 4.46. The molecule has 0 aliphatic heterocycles. The summed E-state index contributed by atoms with van der Waals surface area (Å²) < 4.78 is 1.20. The largest absolute Gasteiger partial charge is 0.282 e. The van der Waals surface area contributed by atoms with Gasteiger partial charge in [0.25, 0.3) is 11.6 Å². The Morgan fingerprint density at radius 1 is 1.38 bits per heavy atom. The van der Waals surface area contributed by atoms with Gasteiger partial charge in [0.05, 0.1) is 4.92 Å². The number of para-hydroxylation sites is 1. The lowest BCUT2D eigenvalue weighted by atomic mass is 10.1. The van der Waals surface area contributed by atoms with Crippen molar-refractivity contribution in [2.45, 2.75) is 0 Å². The molecule has 2 rings (SSSR count). The van der Waals surface area contributed by atoms with Gasteiger partial charge in [0.2, 0.25) is 0 Å². The van der Waals surface area contributed by atoms with Crippen LogP contribution in [0.3, 0.4) is 0 Å².